The Balaban J connectivity index is 1.45. The fourth-order valence-electron chi connectivity index (χ4n) is 3.63. The summed E-state index contributed by atoms with van der Waals surface area (Å²) < 4.78 is 39.4. The lowest BCUT2D eigenvalue weighted by Gasteiger charge is -2.21. The predicted molar refractivity (Wildman–Crippen MR) is 109 cm³/mol. The van der Waals surface area contributed by atoms with E-state index < -0.39 is 11.7 Å². The monoisotopic (exact) mass is 421 g/mol. The first-order valence-electron chi connectivity index (χ1n) is 9.56. The zero-order chi connectivity index (χ0) is 20.4. The molecule has 8 heteroatoms. The molecule has 0 aliphatic carbocycles. The number of aromatic nitrogens is 1. The van der Waals surface area contributed by atoms with Gasteiger partial charge in [0.05, 0.1) is 22.4 Å². The Morgan fingerprint density at radius 3 is 2.62 bits per heavy atom. The van der Waals surface area contributed by atoms with Gasteiger partial charge in [0.15, 0.2) is 5.13 Å². The van der Waals surface area contributed by atoms with Gasteiger partial charge in [-0.05, 0) is 35.7 Å². The molecule has 1 aromatic heterocycles. The second-order valence-corrected chi connectivity index (χ2v) is 8.28. The van der Waals surface area contributed by atoms with Gasteiger partial charge < -0.3 is 10.0 Å². The number of aliphatic hydroxyl groups is 1. The lowest BCUT2D eigenvalue weighted by atomic mass is 10.1. The van der Waals surface area contributed by atoms with Gasteiger partial charge in [-0.2, -0.15) is 13.2 Å². The van der Waals surface area contributed by atoms with E-state index in [9.17, 15) is 18.3 Å². The minimum atomic E-state index is -4.34. The van der Waals surface area contributed by atoms with Gasteiger partial charge >= 0.3 is 6.18 Å². The fraction of sp³-hybridized carbons (Fsp3) is 0.381. The van der Waals surface area contributed by atoms with Crippen molar-refractivity contribution in [2.24, 2.45) is 0 Å². The molecule has 4 nitrogen and oxygen atoms in total. The summed E-state index contributed by atoms with van der Waals surface area (Å²) >= 11 is 1.32. The maximum absolute atomic E-state index is 13.0. The van der Waals surface area contributed by atoms with Gasteiger partial charge in [-0.3, -0.25) is 4.90 Å². The first-order chi connectivity index (χ1) is 13.9. The molecule has 1 saturated heterocycles. The number of thiazole rings is 1. The Labute approximate surface area is 171 Å². The van der Waals surface area contributed by atoms with Gasteiger partial charge in [0.2, 0.25) is 0 Å². The Bertz CT molecular complexity index is 989. The molecule has 0 spiro atoms. The smallest absolute Gasteiger partial charge is 0.392 e. The quantitative estimate of drug-likeness (QED) is 0.673. The standard InChI is InChI=1S/C21H22F3N3OS/c22-21(23,24)17-5-6-18-19(12-17)29-20(25-18)27-8-2-7-26(9-10-27)13-15-3-1-4-16(11-15)14-28/h1,3-6,11-12,28H,2,7-10,13-14H2. The average Bonchev–Trinajstić information content (AvgIpc) is 2.99. The van der Waals surface area contributed by atoms with Crippen LogP contribution in [0.3, 0.4) is 0 Å². The summed E-state index contributed by atoms with van der Waals surface area (Å²) in [5, 5.41) is 10.1. The minimum absolute atomic E-state index is 0.0370. The maximum Gasteiger partial charge on any atom is 0.416 e. The average molecular weight is 421 g/mol. The number of fused-ring (bicyclic) bond motifs is 1. The maximum atomic E-state index is 13.0. The number of alkyl halides is 3. The van der Waals surface area contributed by atoms with Crippen LogP contribution in [0.1, 0.15) is 23.1 Å². The number of nitrogens with zero attached hydrogens (tertiary/aromatic N) is 3. The number of anilines is 1. The third-order valence-electron chi connectivity index (χ3n) is 5.14. The number of aliphatic hydroxyl groups excluding tert-OH is 1. The van der Waals surface area contributed by atoms with Crippen molar-refractivity contribution < 1.29 is 18.3 Å². The van der Waals surface area contributed by atoms with E-state index in [1.165, 1.54) is 29.0 Å². The Morgan fingerprint density at radius 2 is 1.83 bits per heavy atom. The molecule has 1 fully saturated rings. The topological polar surface area (TPSA) is 39.6 Å². The number of hydrogen-bond donors (Lipinski definition) is 1. The molecule has 29 heavy (non-hydrogen) atoms. The number of benzene rings is 2. The van der Waals surface area contributed by atoms with Crippen molar-refractivity contribution in [1.29, 1.82) is 0 Å². The summed E-state index contributed by atoms with van der Waals surface area (Å²) in [5.74, 6) is 0. The summed E-state index contributed by atoms with van der Waals surface area (Å²) in [6, 6.07) is 11.7. The van der Waals surface area contributed by atoms with Crippen LogP contribution < -0.4 is 4.90 Å². The van der Waals surface area contributed by atoms with Crippen LogP contribution in [0.15, 0.2) is 42.5 Å². The van der Waals surface area contributed by atoms with Crippen LogP contribution in [0.25, 0.3) is 10.2 Å². The van der Waals surface area contributed by atoms with Gasteiger partial charge in [-0.1, -0.05) is 35.6 Å². The van der Waals surface area contributed by atoms with Crippen molar-refractivity contribution in [1.82, 2.24) is 9.88 Å². The van der Waals surface area contributed by atoms with Crippen LogP contribution in [0.5, 0.6) is 0 Å². The van der Waals surface area contributed by atoms with Crippen molar-refractivity contribution in [3.63, 3.8) is 0 Å². The van der Waals surface area contributed by atoms with Crippen molar-refractivity contribution in [3.05, 3.63) is 59.2 Å². The van der Waals surface area contributed by atoms with Crippen LogP contribution in [0, 0.1) is 0 Å². The van der Waals surface area contributed by atoms with Crippen LogP contribution >= 0.6 is 11.3 Å². The number of hydrogen-bond acceptors (Lipinski definition) is 5. The summed E-state index contributed by atoms with van der Waals surface area (Å²) in [6.07, 6.45) is -3.38. The minimum Gasteiger partial charge on any atom is -0.392 e. The number of rotatable bonds is 4. The normalized spacial score (nSPS) is 16.3. The van der Waals surface area contributed by atoms with Crippen molar-refractivity contribution in [2.75, 3.05) is 31.1 Å². The third-order valence-corrected chi connectivity index (χ3v) is 6.22. The summed E-state index contributed by atoms with van der Waals surface area (Å²) in [7, 11) is 0. The molecule has 0 atom stereocenters. The molecular formula is C21H22F3N3OS. The van der Waals surface area contributed by atoms with Gasteiger partial charge in [-0.25, -0.2) is 4.98 Å². The molecule has 1 N–H and O–H groups in total. The number of halogens is 3. The lowest BCUT2D eigenvalue weighted by molar-refractivity contribution is -0.137. The molecule has 3 aromatic rings. The molecule has 0 radical (unpaired) electrons. The SMILES string of the molecule is OCc1cccc(CN2CCCN(c3nc4ccc(C(F)(F)F)cc4s3)CC2)c1. The molecule has 1 aliphatic rings. The zero-order valence-corrected chi connectivity index (χ0v) is 16.6. The molecule has 0 saturated carbocycles. The van der Waals surface area contributed by atoms with Gasteiger partial charge in [0.25, 0.3) is 0 Å². The predicted octanol–water partition coefficient (Wildman–Crippen LogP) is 4.52. The Kier molecular flexibility index (Phi) is 5.76. The van der Waals surface area contributed by atoms with Crippen LogP contribution in [0.4, 0.5) is 18.3 Å². The third kappa shape index (κ3) is 4.71. The largest absolute Gasteiger partial charge is 0.416 e. The second-order valence-electron chi connectivity index (χ2n) is 7.27. The molecule has 2 heterocycles. The molecule has 0 bridgehead atoms. The summed E-state index contributed by atoms with van der Waals surface area (Å²) in [4.78, 5) is 9.10. The molecule has 0 unspecified atom stereocenters. The molecular weight excluding hydrogens is 399 g/mol. The van der Waals surface area contributed by atoms with Crippen LogP contribution in [-0.2, 0) is 19.3 Å². The van der Waals surface area contributed by atoms with E-state index in [-0.39, 0.29) is 6.61 Å². The van der Waals surface area contributed by atoms with E-state index in [1.807, 2.05) is 18.2 Å². The first kappa shape index (κ1) is 20.1. The summed E-state index contributed by atoms with van der Waals surface area (Å²) in [6.45, 7) is 4.27. The molecule has 1 aliphatic heterocycles. The zero-order valence-electron chi connectivity index (χ0n) is 15.8. The van der Waals surface area contributed by atoms with Crippen molar-refractivity contribution in [2.45, 2.75) is 25.7 Å². The lowest BCUT2D eigenvalue weighted by Crippen LogP contribution is -2.30. The van der Waals surface area contributed by atoms with E-state index in [1.54, 1.807) is 0 Å². The highest BCUT2D eigenvalue weighted by molar-refractivity contribution is 7.22. The molecule has 0 amide bonds. The highest BCUT2D eigenvalue weighted by atomic mass is 32.1. The van der Waals surface area contributed by atoms with Crippen molar-refractivity contribution in [3.8, 4) is 0 Å². The van der Waals surface area contributed by atoms with E-state index in [2.05, 4.69) is 20.9 Å². The van der Waals surface area contributed by atoms with E-state index in [4.69, 9.17) is 0 Å². The van der Waals surface area contributed by atoms with Gasteiger partial charge in [0, 0.05) is 32.7 Å². The highest BCUT2D eigenvalue weighted by Crippen LogP contribution is 2.35. The Morgan fingerprint density at radius 1 is 1.00 bits per heavy atom. The summed E-state index contributed by atoms with van der Waals surface area (Å²) in [5.41, 5.74) is 2.06. The van der Waals surface area contributed by atoms with Gasteiger partial charge in [-0.15, -0.1) is 0 Å². The highest BCUT2D eigenvalue weighted by Gasteiger charge is 2.31. The van der Waals surface area contributed by atoms with Crippen LogP contribution in [-0.4, -0.2) is 41.2 Å². The van der Waals surface area contributed by atoms with Gasteiger partial charge in [0.1, 0.15) is 0 Å². The molecule has 154 valence electrons. The molecule has 2 aromatic carbocycles. The van der Waals surface area contributed by atoms with Crippen LogP contribution in [0.2, 0.25) is 0 Å². The van der Waals surface area contributed by atoms with Crippen molar-refractivity contribution >= 4 is 26.7 Å². The molecule has 4 rings (SSSR count). The fourth-order valence-corrected chi connectivity index (χ4v) is 4.69. The Hall–Kier alpha value is -2.16. The van der Waals surface area contributed by atoms with E-state index >= 15 is 0 Å². The van der Waals surface area contributed by atoms with E-state index in [0.29, 0.717) is 10.2 Å². The van der Waals surface area contributed by atoms with E-state index in [0.717, 1.165) is 55.9 Å². The first-order valence-corrected chi connectivity index (χ1v) is 10.4. The second kappa shape index (κ2) is 8.30.